The van der Waals surface area contributed by atoms with Crippen molar-refractivity contribution in [2.45, 2.75) is 25.5 Å². The molecule has 0 aliphatic carbocycles. The van der Waals surface area contributed by atoms with Crippen LogP contribution in [0.5, 0.6) is 23.0 Å². The molecule has 3 rings (SSSR count). The average Bonchev–Trinajstić information content (AvgIpc) is 2.91. The van der Waals surface area contributed by atoms with Gasteiger partial charge in [-0.25, -0.2) is 0 Å². The number of nitrogens with two attached hydrogens (primary N) is 1. The molecule has 0 aliphatic heterocycles. The van der Waals surface area contributed by atoms with Crippen molar-refractivity contribution in [2.75, 3.05) is 40.1 Å². The lowest BCUT2D eigenvalue weighted by molar-refractivity contribution is 0.0997. The molecule has 2 atom stereocenters. The molecule has 2 unspecified atom stereocenters. The minimum atomic E-state index is -0.696. The first kappa shape index (κ1) is 28.8. The van der Waals surface area contributed by atoms with Crippen molar-refractivity contribution < 1.29 is 34.0 Å². The van der Waals surface area contributed by atoms with Gasteiger partial charge in [0.05, 0.1) is 18.8 Å². The van der Waals surface area contributed by atoms with E-state index in [4.69, 9.17) is 24.7 Å². The minimum Gasteiger partial charge on any atom is -0.507 e. The Morgan fingerprint density at radius 2 is 1.58 bits per heavy atom. The second-order valence-electron chi connectivity index (χ2n) is 8.86. The summed E-state index contributed by atoms with van der Waals surface area (Å²) in [6.45, 7) is 4.51. The summed E-state index contributed by atoms with van der Waals surface area (Å²) in [6.07, 6.45) is -0.684. The predicted octanol–water partition coefficient (Wildman–Crippen LogP) is 3.23. The fourth-order valence-corrected chi connectivity index (χ4v) is 3.80. The number of methoxy groups -OCH3 is 1. The van der Waals surface area contributed by atoms with E-state index in [9.17, 15) is 15.0 Å². The van der Waals surface area contributed by atoms with Gasteiger partial charge in [0.15, 0.2) is 0 Å². The molecule has 0 fully saturated rings. The van der Waals surface area contributed by atoms with Crippen LogP contribution < -0.4 is 25.3 Å². The molecule has 0 spiro atoms. The Labute approximate surface area is 223 Å². The molecule has 0 heterocycles. The van der Waals surface area contributed by atoms with E-state index in [-0.39, 0.29) is 23.8 Å². The number of nitrogens with one attached hydrogen (secondary N) is 1. The summed E-state index contributed by atoms with van der Waals surface area (Å²) in [6, 6.07) is 19.7. The van der Waals surface area contributed by atoms with Gasteiger partial charge in [-0.2, -0.15) is 0 Å². The zero-order valence-electron chi connectivity index (χ0n) is 21.8. The van der Waals surface area contributed by atoms with Crippen molar-refractivity contribution in [1.82, 2.24) is 5.32 Å². The Bertz CT molecular complexity index is 1150. The number of benzene rings is 3. The Morgan fingerprint density at radius 1 is 0.921 bits per heavy atom. The Kier molecular flexibility index (Phi) is 11.2. The number of phenols is 1. The fraction of sp³-hybridized carbons (Fsp3) is 0.345. The molecular formula is C29H36N2O7. The van der Waals surface area contributed by atoms with Crippen LogP contribution in [0.25, 0.3) is 0 Å². The summed E-state index contributed by atoms with van der Waals surface area (Å²) >= 11 is 0. The van der Waals surface area contributed by atoms with Crippen LogP contribution in [-0.4, -0.2) is 62.3 Å². The first-order valence-corrected chi connectivity index (χ1v) is 12.4. The summed E-state index contributed by atoms with van der Waals surface area (Å²) in [5.74, 6) is 0.985. The maximum atomic E-state index is 11.3. The topological polar surface area (TPSA) is 132 Å². The van der Waals surface area contributed by atoms with E-state index < -0.39 is 12.0 Å². The predicted molar refractivity (Wildman–Crippen MR) is 144 cm³/mol. The first-order valence-electron chi connectivity index (χ1n) is 12.4. The van der Waals surface area contributed by atoms with E-state index in [1.165, 1.54) is 12.1 Å². The molecule has 0 saturated heterocycles. The van der Waals surface area contributed by atoms with Gasteiger partial charge in [-0.3, -0.25) is 4.79 Å². The van der Waals surface area contributed by atoms with Crippen LogP contribution >= 0.6 is 0 Å². The third-order valence-electron chi connectivity index (χ3n) is 5.84. The molecule has 1 amide bonds. The standard InChI is InChI=1S/C29H36N2O7/c1-20(18-37-25-11-12-27(29(30)34)28(33)15-25)26-6-4-3-5-21(26)16-31-17-22(32)19-38-24-9-7-23(8-10-24)36-14-13-35-2/h3-12,15,20,22,31-33H,13-14,16-19H2,1-2H3,(H2,30,34). The SMILES string of the molecule is COCCOc1ccc(OCC(O)CNCc2ccccc2C(C)COc2ccc(C(N)=O)c(O)c2)cc1. The number of aromatic hydroxyl groups is 1. The van der Waals surface area contributed by atoms with Gasteiger partial charge in [0, 0.05) is 32.2 Å². The normalized spacial score (nSPS) is 12.5. The maximum Gasteiger partial charge on any atom is 0.252 e. The second-order valence-corrected chi connectivity index (χ2v) is 8.86. The summed E-state index contributed by atoms with van der Waals surface area (Å²) in [5, 5.41) is 23.6. The summed E-state index contributed by atoms with van der Waals surface area (Å²) in [7, 11) is 1.63. The molecule has 204 valence electrons. The molecule has 9 heteroatoms. The average molecular weight is 525 g/mol. The highest BCUT2D eigenvalue weighted by molar-refractivity contribution is 5.95. The lowest BCUT2D eigenvalue weighted by atomic mass is 9.96. The van der Waals surface area contributed by atoms with Crippen LogP contribution in [0, 0.1) is 0 Å². The molecule has 0 bridgehead atoms. The minimum absolute atomic E-state index is 0.0515. The number of carbonyl (C=O) groups is 1. The number of amides is 1. The van der Waals surface area contributed by atoms with Crippen molar-refractivity contribution in [3.8, 4) is 23.0 Å². The zero-order valence-corrected chi connectivity index (χ0v) is 21.8. The molecule has 0 radical (unpaired) electrons. The van der Waals surface area contributed by atoms with Crippen LogP contribution in [0.15, 0.2) is 66.7 Å². The molecule has 3 aromatic carbocycles. The zero-order chi connectivity index (χ0) is 27.3. The lowest BCUT2D eigenvalue weighted by Gasteiger charge is -2.19. The highest BCUT2D eigenvalue weighted by atomic mass is 16.5. The Hall–Kier alpha value is -3.79. The summed E-state index contributed by atoms with van der Waals surface area (Å²) in [4.78, 5) is 11.3. The first-order chi connectivity index (χ1) is 18.4. The molecule has 0 saturated carbocycles. The van der Waals surface area contributed by atoms with Crippen molar-refractivity contribution in [2.24, 2.45) is 5.73 Å². The highest BCUT2D eigenvalue weighted by Gasteiger charge is 2.14. The van der Waals surface area contributed by atoms with E-state index in [1.54, 1.807) is 25.3 Å². The monoisotopic (exact) mass is 524 g/mol. The molecule has 5 N–H and O–H groups in total. The van der Waals surface area contributed by atoms with Crippen molar-refractivity contribution in [1.29, 1.82) is 0 Å². The Morgan fingerprint density at radius 3 is 2.26 bits per heavy atom. The van der Waals surface area contributed by atoms with E-state index in [0.717, 1.165) is 16.9 Å². The molecule has 9 nitrogen and oxygen atoms in total. The molecule has 3 aromatic rings. The van der Waals surface area contributed by atoms with Crippen LogP contribution in [0.4, 0.5) is 0 Å². The molecule has 0 aliphatic rings. The Balaban J connectivity index is 1.43. The van der Waals surface area contributed by atoms with E-state index in [2.05, 4.69) is 5.32 Å². The van der Waals surface area contributed by atoms with Crippen molar-refractivity contribution in [3.05, 3.63) is 83.4 Å². The molecule has 38 heavy (non-hydrogen) atoms. The largest absolute Gasteiger partial charge is 0.507 e. The summed E-state index contributed by atoms with van der Waals surface area (Å²) in [5.41, 5.74) is 7.48. The van der Waals surface area contributed by atoms with Gasteiger partial charge in [0.25, 0.3) is 5.91 Å². The van der Waals surface area contributed by atoms with Gasteiger partial charge < -0.3 is 40.2 Å². The van der Waals surface area contributed by atoms with Gasteiger partial charge in [0.1, 0.15) is 42.3 Å². The van der Waals surface area contributed by atoms with Crippen LogP contribution in [0.2, 0.25) is 0 Å². The quantitative estimate of drug-likeness (QED) is 0.210. The number of hydrogen-bond acceptors (Lipinski definition) is 8. The van der Waals surface area contributed by atoms with Crippen molar-refractivity contribution >= 4 is 5.91 Å². The van der Waals surface area contributed by atoms with Gasteiger partial charge in [-0.15, -0.1) is 0 Å². The van der Waals surface area contributed by atoms with E-state index >= 15 is 0 Å². The number of primary amides is 1. The second kappa shape index (κ2) is 14.8. The van der Waals surface area contributed by atoms with E-state index in [0.29, 0.717) is 44.4 Å². The number of hydrogen-bond donors (Lipinski definition) is 4. The number of carbonyl (C=O) groups excluding carboxylic acids is 1. The number of rotatable bonds is 16. The van der Waals surface area contributed by atoms with Gasteiger partial charge in [-0.05, 0) is 47.5 Å². The molecular weight excluding hydrogens is 488 g/mol. The number of aliphatic hydroxyl groups excluding tert-OH is 1. The highest BCUT2D eigenvalue weighted by Crippen LogP contribution is 2.26. The van der Waals surface area contributed by atoms with E-state index in [1.807, 2.05) is 43.3 Å². The van der Waals surface area contributed by atoms with Crippen LogP contribution in [0.3, 0.4) is 0 Å². The third-order valence-corrected chi connectivity index (χ3v) is 5.84. The van der Waals surface area contributed by atoms with Gasteiger partial charge in [-0.1, -0.05) is 31.2 Å². The maximum absolute atomic E-state index is 11.3. The third kappa shape index (κ3) is 8.95. The smallest absolute Gasteiger partial charge is 0.252 e. The lowest BCUT2D eigenvalue weighted by Crippen LogP contribution is -2.31. The fourth-order valence-electron chi connectivity index (χ4n) is 3.80. The van der Waals surface area contributed by atoms with Gasteiger partial charge in [0.2, 0.25) is 0 Å². The summed E-state index contributed by atoms with van der Waals surface area (Å²) < 4.78 is 22.0. The number of ether oxygens (including phenoxy) is 4. The molecule has 0 aromatic heterocycles. The van der Waals surface area contributed by atoms with Crippen LogP contribution in [-0.2, 0) is 11.3 Å². The number of aliphatic hydroxyl groups is 1. The van der Waals surface area contributed by atoms with Crippen LogP contribution in [0.1, 0.15) is 34.3 Å². The van der Waals surface area contributed by atoms with Crippen molar-refractivity contribution in [3.63, 3.8) is 0 Å². The van der Waals surface area contributed by atoms with Gasteiger partial charge >= 0.3 is 0 Å².